The molecule has 0 aliphatic heterocycles. The van der Waals surface area contributed by atoms with Crippen molar-refractivity contribution in [3.05, 3.63) is 124 Å². The highest BCUT2D eigenvalue weighted by Gasteiger charge is 2.38. The van der Waals surface area contributed by atoms with Crippen LogP contribution in [0.4, 0.5) is 31.2 Å². The van der Waals surface area contributed by atoms with Gasteiger partial charge in [0.2, 0.25) is 11.8 Å². The van der Waals surface area contributed by atoms with Gasteiger partial charge in [-0.05, 0) is 63.6 Å². The van der Waals surface area contributed by atoms with Gasteiger partial charge in [-0.1, -0.05) is 95.6 Å². The van der Waals surface area contributed by atoms with Crippen LogP contribution in [0.25, 0.3) is 0 Å². The average Bonchev–Trinajstić information content (AvgIpc) is 3.93. The molecule has 3 N–H and O–H groups in total. The molecule has 6 aromatic rings. The Hall–Kier alpha value is -6.72. The number of hydrogen-bond donors (Lipinski definition) is 3. The average molecular weight is 776 g/mol. The zero-order chi connectivity index (χ0) is 40.8. The van der Waals surface area contributed by atoms with Crippen LogP contribution in [-0.2, 0) is 12.6 Å². The summed E-state index contributed by atoms with van der Waals surface area (Å²) in [5, 5.41) is 28.5. The molecule has 3 heterocycles. The summed E-state index contributed by atoms with van der Waals surface area (Å²) in [4.78, 5) is 35.6. The Morgan fingerprint density at radius 3 is 1.45 bits per heavy atom. The minimum Gasteiger partial charge on any atom is -0.408 e. The third-order valence-electron chi connectivity index (χ3n) is 7.32. The summed E-state index contributed by atoms with van der Waals surface area (Å²) in [5.41, 5.74) is 4.33. The number of amides is 3. The second kappa shape index (κ2) is 19.6. The lowest BCUT2D eigenvalue weighted by Gasteiger charge is -2.01. The number of halogens is 3. The van der Waals surface area contributed by atoms with Crippen molar-refractivity contribution in [2.45, 2.75) is 72.9 Å². The normalized spacial score (nSPS) is 10.8. The van der Waals surface area contributed by atoms with Gasteiger partial charge < -0.3 is 13.3 Å². The van der Waals surface area contributed by atoms with Crippen molar-refractivity contribution in [3.8, 4) is 0 Å². The fourth-order valence-electron chi connectivity index (χ4n) is 4.51. The molecule has 0 saturated heterocycles. The summed E-state index contributed by atoms with van der Waals surface area (Å²) in [6.07, 6.45) is -1.94. The van der Waals surface area contributed by atoms with E-state index in [2.05, 4.69) is 57.9 Å². The molecule has 3 amide bonds. The molecular weight excluding hydrogens is 735 g/mol. The molecular formula is C38H40F3N9O6. The Kier molecular flexibility index (Phi) is 14.7. The third-order valence-corrected chi connectivity index (χ3v) is 7.32. The van der Waals surface area contributed by atoms with Crippen LogP contribution in [0.5, 0.6) is 0 Å². The first-order valence-corrected chi connectivity index (χ1v) is 17.3. The van der Waals surface area contributed by atoms with Gasteiger partial charge in [-0.25, -0.2) is 0 Å². The predicted molar refractivity (Wildman–Crippen MR) is 198 cm³/mol. The van der Waals surface area contributed by atoms with Gasteiger partial charge in [0.1, 0.15) is 0 Å². The number of nitrogens with one attached hydrogen (secondary N) is 3. The van der Waals surface area contributed by atoms with E-state index in [-0.39, 0.29) is 35.3 Å². The Labute approximate surface area is 319 Å². The first-order chi connectivity index (χ1) is 26.6. The van der Waals surface area contributed by atoms with E-state index in [1.165, 1.54) is 6.07 Å². The van der Waals surface area contributed by atoms with Crippen molar-refractivity contribution >= 4 is 35.8 Å². The van der Waals surface area contributed by atoms with Crippen molar-refractivity contribution in [2.24, 2.45) is 0 Å². The maximum atomic E-state index is 12.2. The van der Waals surface area contributed by atoms with Gasteiger partial charge in [0, 0.05) is 29.0 Å². The molecule has 6 rings (SSSR count). The molecule has 3 aromatic carbocycles. The molecule has 0 atom stereocenters. The van der Waals surface area contributed by atoms with Crippen LogP contribution >= 0.6 is 0 Å². The van der Waals surface area contributed by atoms with Crippen molar-refractivity contribution < 1.29 is 40.8 Å². The summed E-state index contributed by atoms with van der Waals surface area (Å²) in [7, 11) is 0. The van der Waals surface area contributed by atoms with Crippen LogP contribution in [0.15, 0.2) is 86.0 Å². The minimum absolute atomic E-state index is 0.130. The SMILES string of the molecule is CCCCc1nnc(NC(=O)c2cccc(C)c2)o1.Cc1cccc(C(=O)Nc2nnc(C(C)C)o2)c1.Cc1cccc(C(=O)Nc2nnc(C(F)(F)F)o2)c1. The lowest BCUT2D eigenvalue weighted by molar-refractivity contribution is -0.156. The number of alkyl halides is 3. The van der Waals surface area contributed by atoms with Gasteiger partial charge in [0.05, 0.1) is 0 Å². The van der Waals surface area contributed by atoms with Crippen LogP contribution in [-0.4, -0.2) is 48.3 Å². The van der Waals surface area contributed by atoms with E-state index in [1.54, 1.807) is 43.3 Å². The largest absolute Gasteiger partial charge is 0.470 e. The van der Waals surface area contributed by atoms with Gasteiger partial charge in [-0.15, -0.1) is 15.3 Å². The summed E-state index contributed by atoms with van der Waals surface area (Å²) in [6, 6.07) is 20.8. The quantitative estimate of drug-likeness (QED) is 0.120. The molecule has 0 unspecified atom stereocenters. The number of aromatic nitrogens is 6. The van der Waals surface area contributed by atoms with Crippen LogP contribution in [0.1, 0.15) is 105 Å². The fraction of sp³-hybridized carbons (Fsp3) is 0.289. The molecule has 0 radical (unpaired) electrons. The molecule has 0 saturated carbocycles. The van der Waals surface area contributed by atoms with Gasteiger partial charge >= 0.3 is 30.1 Å². The second-order valence-corrected chi connectivity index (χ2v) is 12.6. The molecule has 18 heteroatoms. The van der Waals surface area contributed by atoms with E-state index in [4.69, 9.17) is 8.83 Å². The number of aryl methyl sites for hydroxylation is 4. The lowest BCUT2D eigenvalue weighted by atomic mass is 10.1. The van der Waals surface area contributed by atoms with E-state index < -0.39 is 24.0 Å². The number of carbonyl (C=O) groups excluding carboxylic acids is 3. The molecule has 15 nitrogen and oxygen atoms in total. The zero-order valence-electron chi connectivity index (χ0n) is 31.4. The van der Waals surface area contributed by atoms with Crippen molar-refractivity contribution in [1.29, 1.82) is 0 Å². The zero-order valence-corrected chi connectivity index (χ0v) is 31.4. The topological polar surface area (TPSA) is 204 Å². The van der Waals surface area contributed by atoms with Crippen molar-refractivity contribution in [3.63, 3.8) is 0 Å². The van der Waals surface area contributed by atoms with E-state index >= 15 is 0 Å². The van der Waals surface area contributed by atoms with Crippen LogP contribution in [0.2, 0.25) is 0 Å². The Balaban J connectivity index is 0.000000187. The summed E-state index contributed by atoms with van der Waals surface area (Å²) in [6.45, 7) is 11.6. The standard InChI is InChI=1S/C14H17N3O2.C13H15N3O2.C11H8F3N3O2/c1-3-4-8-12-16-17-14(19-12)15-13(18)11-7-5-6-10(2)9-11;1-8(2)12-15-16-13(18-12)14-11(17)10-6-4-5-9(3)7-10;1-6-3-2-4-7(5-6)8(18)15-10-17-16-9(19-10)11(12,13)14/h5-7,9H,3-4,8H2,1-2H3,(H,15,17,18);4-8H,1-3H3,(H,14,16,17);2-5H,1H3,(H,15,17,18). The van der Waals surface area contributed by atoms with Crippen LogP contribution in [0, 0.1) is 20.8 Å². The number of unbranched alkanes of at least 4 members (excludes halogenated alkanes) is 1. The third kappa shape index (κ3) is 13.0. The van der Waals surface area contributed by atoms with Crippen molar-refractivity contribution in [1.82, 2.24) is 30.6 Å². The van der Waals surface area contributed by atoms with Gasteiger partial charge in [-0.2, -0.15) is 13.2 Å². The molecule has 0 spiro atoms. The summed E-state index contributed by atoms with van der Waals surface area (Å²) in [5.74, 6) is -1.42. The molecule has 294 valence electrons. The summed E-state index contributed by atoms with van der Waals surface area (Å²) >= 11 is 0. The first-order valence-electron chi connectivity index (χ1n) is 17.3. The van der Waals surface area contributed by atoms with E-state index in [0.717, 1.165) is 36.0 Å². The highest BCUT2D eigenvalue weighted by atomic mass is 19.4. The van der Waals surface area contributed by atoms with E-state index in [0.29, 0.717) is 22.9 Å². The fourth-order valence-corrected chi connectivity index (χ4v) is 4.51. The second-order valence-electron chi connectivity index (χ2n) is 12.6. The highest BCUT2D eigenvalue weighted by molar-refractivity contribution is 6.04. The summed E-state index contributed by atoms with van der Waals surface area (Å²) < 4.78 is 51.6. The number of hydrogen-bond acceptors (Lipinski definition) is 12. The van der Waals surface area contributed by atoms with Gasteiger partial charge in [0.25, 0.3) is 17.7 Å². The molecule has 0 fully saturated rings. The molecule has 3 aromatic heterocycles. The number of anilines is 3. The predicted octanol–water partition coefficient (Wildman–Crippen LogP) is 8.38. The number of carbonyl (C=O) groups is 3. The molecule has 0 aliphatic rings. The maximum Gasteiger partial charge on any atom is 0.470 e. The van der Waals surface area contributed by atoms with Crippen molar-refractivity contribution in [2.75, 3.05) is 16.0 Å². The van der Waals surface area contributed by atoms with E-state index in [9.17, 15) is 27.6 Å². The Bertz CT molecular complexity index is 2230. The van der Waals surface area contributed by atoms with Gasteiger partial charge in [-0.3, -0.25) is 30.3 Å². The molecule has 56 heavy (non-hydrogen) atoms. The van der Waals surface area contributed by atoms with Gasteiger partial charge in [0.15, 0.2) is 0 Å². The number of benzene rings is 3. The van der Waals surface area contributed by atoms with Crippen LogP contribution in [0.3, 0.4) is 0 Å². The van der Waals surface area contributed by atoms with E-state index in [1.807, 2.05) is 58.0 Å². The highest BCUT2D eigenvalue weighted by Crippen LogP contribution is 2.28. The number of rotatable bonds is 10. The minimum atomic E-state index is -4.74. The Morgan fingerprint density at radius 1 is 0.625 bits per heavy atom. The van der Waals surface area contributed by atoms with Crippen LogP contribution < -0.4 is 16.0 Å². The Morgan fingerprint density at radius 2 is 1.05 bits per heavy atom. The monoisotopic (exact) mass is 775 g/mol. The first kappa shape index (κ1) is 42.0. The smallest absolute Gasteiger partial charge is 0.408 e. The maximum absolute atomic E-state index is 12.2. The lowest BCUT2D eigenvalue weighted by Crippen LogP contribution is -2.12. The number of nitrogens with zero attached hydrogens (tertiary/aromatic N) is 6. The molecule has 0 bridgehead atoms. The molecule has 0 aliphatic carbocycles.